The van der Waals surface area contributed by atoms with Gasteiger partial charge in [-0.25, -0.2) is 9.97 Å². The van der Waals surface area contributed by atoms with Gasteiger partial charge in [0.1, 0.15) is 6.33 Å². The number of hydrogen-bond acceptors (Lipinski definition) is 4. The summed E-state index contributed by atoms with van der Waals surface area (Å²) in [4.78, 5) is 19.4. The Hall–Kier alpha value is -1.86. The third kappa shape index (κ3) is 9.26. The van der Waals surface area contributed by atoms with Gasteiger partial charge in [-0.2, -0.15) is 13.2 Å². The lowest BCUT2D eigenvalue weighted by Gasteiger charge is -2.20. The zero-order valence-corrected chi connectivity index (χ0v) is 14.7. The van der Waals surface area contributed by atoms with Crippen LogP contribution in [0.5, 0.6) is 5.88 Å². The number of carbonyl (C=O) groups excluding carboxylic acids is 1. The van der Waals surface area contributed by atoms with Gasteiger partial charge in [0.15, 0.2) is 6.61 Å². The van der Waals surface area contributed by atoms with Gasteiger partial charge >= 0.3 is 6.18 Å². The topological polar surface area (TPSA) is 64.1 Å². The molecule has 0 atom stereocenters. The number of amides is 1. The summed E-state index contributed by atoms with van der Waals surface area (Å²) in [5, 5.41) is 2.74. The van der Waals surface area contributed by atoms with Crippen LogP contribution in [0.15, 0.2) is 12.4 Å². The molecule has 0 spiro atoms. The van der Waals surface area contributed by atoms with Crippen LogP contribution in [0, 0.1) is 5.92 Å². The Labute approximate surface area is 146 Å². The van der Waals surface area contributed by atoms with E-state index >= 15 is 0 Å². The minimum atomic E-state index is -4.42. The van der Waals surface area contributed by atoms with E-state index in [1.807, 2.05) is 13.8 Å². The smallest absolute Gasteiger partial charge is 0.422 e. The minimum absolute atomic E-state index is 0.0618. The van der Waals surface area contributed by atoms with Gasteiger partial charge in [0.05, 0.1) is 12.2 Å². The Morgan fingerprint density at radius 3 is 2.56 bits per heavy atom. The van der Waals surface area contributed by atoms with Crippen molar-refractivity contribution < 1.29 is 22.7 Å². The molecule has 0 aromatic carbocycles. The number of nitrogens with zero attached hydrogens (tertiary/aromatic N) is 2. The fraction of sp³-hybridized carbons (Fsp3) is 0.706. The predicted octanol–water partition coefficient (Wildman–Crippen LogP) is 4.03. The first-order chi connectivity index (χ1) is 11.9. The number of aromatic nitrogens is 2. The first-order valence-electron chi connectivity index (χ1n) is 8.69. The van der Waals surface area contributed by atoms with Crippen LogP contribution in [0.4, 0.5) is 13.2 Å². The van der Waals surface area contributed by atoms with Gasteiger partial charge in [-0.15, -0.1) is 0 Å². The summed E-state index contributed by atoms with van der Waals surface area (Å²) in [5.41, 5.74) is 0.411. The van der Waals surface area contributed by atoms with Crippen LogP contribution in [0.3, 0.4) is 0 Å². The van der Waals surface area contributed by atoms with Gasteiger partial charge in [-0.1, -0.05) is 33.1 Å². The van der Waals surface area contributed by atoms with Crippen molar-refractivity contribution in [2.45, 2.75) is 65.1 Å². The van der Waals surface area contributed by atoms with Crippen LogP contribution in [0.25, 0.3) is 0 Å². The lowest BCUT2D eigenvalue weighted by molar-refractivity contribution is -0.154. The number of nitrogens with one attached hydrogen (secondary N) is 1. The molecule has 2 rings (SSSR count). The van der Waals surface area contributed by atoms with Gasteiger partial charge in [0.25, 0.3) is 0 Å². The van der Waals surface area contributed by atoms with Crippen molar-refractivity contribution >= 4 is 5.91 Å². The van der Waals surface area contributed by atoms with Gasteiger partial charge in [0, 0.05) is 12.5 Å². The Balaban J connectivity index is 0.00000151. The minimum Gasteiger partial charge on any atom is -0.468 e. The van der Waals surface area contributed by atoms with Crippen LogP contribution >= 0.6 is 0 Å². The second-order valence-corrected chi connectivity index (χ2v) is 5.74. The van der Waals surface area contributed by atoms with Crippen molar-refractivity contribution in [2.24, 2.45) is 5.92 Å². The standard InChI is InChI=1S/C15H20F3N3O2.C2H6/c16-15(17,18)9-23-14-7-12(20-10-21-14)8-19-13(22)6-11-4-2-1-3-5-11;1-2/h7,10-11H,1-6,8-9H2,(H,19,22);1-2H3. The summed E-state index contributed by atoms with van der Waals surface area (Å²) in [6.07, 6.45) is 2.93. The van der Waals surface area contributed by atoms with Crippen LogP contribution in [-0.4, -0.2) is 28.7 Å². The van der Waals surface area contributed by atoms with Crippen LogP contribution in [0.1, 0.15) is 58.1 Å². The van der Waals surface area contributed by atoms with Crippen LogP contribution in [-0.2, 0) is 11.3 Å². The molecule has 0 bridgehead atoms. The Bertz CT molecular complexity index is 518. The summed E-state index contributed by atoms with van der Waals surface area (Å²) in [6, 6.07) is 1.30. The third-order valence-electron chi connectivity index (χ3n) is 3.75. The van der Waals surface area contributed by atoms with Gasteiger partial charge in [0.2, 0.25) is 11.8 Å². The number of hydrogen-bond donors (Lipinski definition) is 1. The molecule has 1 aromatic rings. The molecule has 142 valence electrons. The molecule has 1 aliphatic rings. The zero-order chi connectivity index (χ0) is 18.7. The van der Waals surface area contributed by atoms with E-state index in [9.17, 15) is 18.0 Å². The van der Waals surface area contributed by atoms with Crippen molar-refractivity contribution in [2.75, 3.05) is 6.61 Å². The molecule has 1 fully saturated rings. The maximum absolute atomic E-state index is 12.1. The van der Waals surface area contributed by atoms with Gasteiger partial charge in [-0.3, -0.25) is 4.79 Å². The lowest BCUT2D eigenvalue weighted by atomic mass is 9.87. The highest BCUT2D eigenvalue weighted by Crippen LogP contribution is 2.26. The van der Waals surface area contributed by atoms with E-state index < -0.39 is 12.8 Å². The van der Waals surface area contributed by atoms with Gasteiger partial charge in [-0.05, 0) is 18.8 Å². The molecule has 0 unspecified atom stereocenters. The summed E-state index contributed by atoms with van der Waals surface area (Å²) >= 11 is 0. The summed E-state index contributed by atoms with van der Waals surface area (Å²) in [6.45, 7) is 2.74. The van der Waals surface area contributed by atoms with Crippen molar-refractivity contribution in [3.63, 3.8) is 0 Å². The van der Waals surface area contributed by atoms with E-state index in [1.165, 1.54) is 25.3 Å². The summed E-state index contributed by atoms with van der Waals surface area (Å²) in [5.74, 6) is 0.210. The molecule has 1 saturated carbocycles. The van der Waals surface area contributed by atoms with E-state index in [1.54, 1.807) is 0 Å². The number of carbonyl (C=O) groups is 1. The van der Waals surface area contributed by atoms with E-state index in [0.29, 0.717) is 18.0 Å². The molecule has 8 heteroatoms. The van der Waals surface area contributed by atoms with E-state index in [-0.39, 0.29) is 18.3 Å². The molecular formula is C17H26F3N3O2. The van der Waals surface area contributed by atoms with E-state index in [4.69, 9.17) is 0 Å². The lowest BCUT2D eigenvalue weighted by Crippen LogP contribution is -2.26. The zero-order valence-electron chi connectivity index (χ0n) is 14.7. The summed E-state index contributed by atoms with van der Waals surface area (Å²) < 4.78 is 40.8. The Morgan fingerprint density at radius 1 is 1.24 bits per heavy atom. The van der Waals surface area contributed by atoms with Crippen LogP contribution < -0.4 is 10.1 Å². The fourth-order valence-electron chi connectivity index (χ4n) is 2.62. The molecule has 1 aromatic heterocycles. The van der Waals surface area contributed by atoms with Crippen LogP contribution in [0.2, 0.25) is 0 Å². The average Bonchev–Trinajstić information content (AvgIpc) is 2.61. The third-order valence-corrected chi connectivity index (χ3v) is 3.75. The SMILES string of the molecule is CC.O=C(CC1CCCCC1)NCc1cc(OCC(F)(F)F)ncn1. The van der Waals surface area contributed by atoms with Crippen molar-refractivity contribution in [3.8, 4) is 5.88 Å². The number of rotatable bonds is 6. The highest BCUT2D eigenvalue weighted by Gasteiger charge is 2.28. The molecule has 1 N–H and O–H groups in total. The molecular weight excluding hydrogens is 335 g/mol. The van der Waals surface area contributed by atoms with Crippen molar-refractivity contribution in [1.82, 2.24) is 15.3 Å². The monoisotopic (exact) mass is 361 g/mol. The molecule has 1 heterocycles. The first-order valence-corrected chi connectivity index (χ1v) is 8.69. The molecule has 0 saturated heterocycles. The number of halogens is 3. The fourth-order valence-corrected chi connectivity index (χ4v) is 2.62. The maximum Gasteiger partial charge on any atom is 0.422 e. The summed E-state index contributed by atoms with van der Waals surface area (Å²) in [7, 11) is 0. The molecule has 1 aliphatic carbocycles. The number of alkyl halides is 3. The molecule has 25 heavy (non-hydrogen) atoms. The maximum atomic E-state index is 12.1. The second kappa shape index (κ2) is 10.9. The average molecular weight is 361 g/mol. The van der Waals surface area contributed by atoms with E-state index in [0.717, 1.165) is 19.2 Å². The van der Waals surface area contributed by atoms with Gasteiger partial charge < -0.3 is 10.1 Å². The molecule has 0 aliphatic heterocycles. The molecule has 1 amide bonds. The highest BCUT2D eigenvalue weighted by molar-refractivity contribution is 5.76. The Kier molecular flexibility index (Phi) is 9.23. The normalized spacial score (nSPS) is 15.1. The Morgan fingerprint density at radius 2 is 1.92 bits per heavy atom. The van der Waals surface area contributed by atoms with Crippen molar-refractivity contribution in [3.05, 3.63) is 18.1 Å². The van der Waals surface area contributed by atoms with Crippen molar-refractivity contribution in [1.29, 1.82) is 0 Å². The first kappa shape index (κ1) is 21.2. The highest BCUT2D eigenvalue weighted by atomic mass is 19.4. The second-order valence-electron chi connectivity index (χ2n) is 5.74. The largest absolute Gasteiger partial charge is 0.468 e. The molecule has 0 radical (unpaired) electrons. The number of ether oxygens (including phenoxy) is 1. The van der Waals surface area contributed by atoms with E-state index in [2.05, 4.69) is 20.0 Å². The molecule has 5 nitrogen and oxygen atoms in total. The quantitative estimate of drug-likeness (QED) is 0.831. The predicted molar refractivity (Wildman–Crippen MR) is 88.0 cm³/mol.